The normalized spacial score (nSPS) is 10.9. The summed E-state index contributed by atoms with van der Waals surface area (Å²) in [5, 5.41) is 2.75. The minimum Gasteiger partial charge on any atom is -0.495 e. The summed E-state index contributed by atoms with van der Waals surface area (Å²) in [7, 11) is -2.25. The highest BCUT2D eigenvalue weighted by atomic mass is 32.2. The van der Waals surface area contributed by atoms with Crippen LogP contribution in [-0.2, 0) is 21.4 Å². The van der Waals surface area contributed by atoms with Crippen LogP contribution in [0, 0.1) is 0 Å². The SMILES string of the molecule is CCOc1ccc(CNC(=O)CN(c2ccccc2OC)S(C)(=O)=O)cc1OCC. The van der Waals surface area contributed by atoms with Crippen molar-refractivity contribution in [1.82, 2.24) is 5.32 Å². The number of methoxy groups -OCH3 is 1. The number of rotatable bonds is 11. The third-order valence-corrected chi connectivity index (χ3v) is 5.27. The van der Waals surface area contributed by atoms with Crippen LogP contribution >= 0.6 is 0 Å². The highest BCUT2D eigenvalue weighted by Crippen LogP contribution is 2.30. The maximum absolute atomic E-state index is 12.5. The summed E-state index contributed by atoms with van der Waals surface area (Å²) in [6, 6.07) is 12.0. The number of benzene rings is 2. The molecule has 8 nitrogen and oxygen atoms in total. The summed E-state index contributed by atoms with van der Waals surface area (Å²) in [5.74, 6) is 1.15. The standard InChI is InChI=1S/C21H28N2O6S/c1-5-28-19-12-11-16(13-20(19)29-6-2)14-22-21(24)15-23(30(4,25)26)17-9-7-8-10-18(17)27-3/h7-13H,5-6,14-15H2,1-4H3,(H,22,24). The molecular weight excluding hydrogens is 408 g/mol. The lowest BCUT2D eigenvalue weighted by Gasteiger charge is -2.23. The molecule has 0 bridgehead atoms. The lowest BCUT2D eigenvalue weighted by Crippen LogP contribution is -2.40. The second-order valence-electron chi connectivity index (χ2n) is 6.37. The number of hydrogen-bond donors (Lipinski definition) is 1. The Balaban J connectivity index is 2.12. The number of anilines is 1. The Morgan fingerprint density at radius 2 is 1.67 bits per heavy atom. The van der Waals surface area contributed by atoms with E-state index in [9.17, 15) is 13.2 Å². The van der Waals surface area contributed by atoms with Gasteiger partial charge in [0.15, 0.2) is 11.5 Å². The van der Waals surface area contributed by atoms with Crippen LogP contribution in [0.2, 0.25) is 0 Å². The van der Waals surface area contributed by atoms with Gasteiger partial charge in [-0.15, -0.1) is 0 Å². The molecule has 0 aromatic heterocycles. The Morgan fingerprint density at radius 1 is 1.00 bits per heavy atom. The van der Waals surface area contributed by atoms with E-state index in [1.807, 2.05) is 19.9 Å². The monoisotopic (exact) mass is 436 g/mol. The smallest absolute Gasteiger partial charge is 0.241 e. The van der Waals surface area contributed by atoms with Crippen LogP contribution in [0.15, 0.2) is 42.5 Å². The number of nitrogens with zero attached hydrogens (tertiary/aromatic N) is 1. The van der Waals surface area contributed by atoms with Gasteiger partial charge in [-0.05, 0) is 43.7 Å². The number of nitrogens with one attached hydrogen (secondary N) is 1. The van der Waals surface area contributed by atoms with Crippen molar-refractivity contribution in [3.63, 3.8) is 0 Å². The van der Waals surface area contributed by atoms with Crippen molar-refractivity contribution in [2.45, 2.75) is 20.4 Å². The van der Waals surface area contributed by atoms with Gasteiger partial charge in [-0.3, -0.25) is 9.10 Å². The molecule has 2 aromatic rings. The summed E-state index contributed by atoms with van der Waals surface area (Å²) in [4.78, 5) is 12.5. The first-order valence-corrected chi connectivity index (χ1v) is 11.4. The van der Waals surface area contributed by atoms with Gasteiger partial charge in [0.05, 0.1) is 32.3 Å². The molecule has 0 atom stereocenters. The van der Waals surface area contributed by atoms with E-state index in [4.69, 9.17) is 14.2 Å². The fraction of sp³-hybridized carbons (Fsp3) is 0.381. The first kappa shape index (κ1) is 23.3. The minimum absolute atomic E-state index is 0.217. The second kappa shape index (κ2) is 10.7. The zero-order chi connectivity index (χ0) is 22.1. The molecule has 1 amide bonds. The van der Waals surface area contributed by atoms with Gasteiger partial charge >= 0.3 is 0 Å². The number of carbonyl (C=O) groups excluding carboxylic acids is 1. The van der Waals surface area contributed by atoms with Gasteiger partial charge in [0.25, 0.3) is 0 Å². The van der Waals surface area contributed by atoms with Crippen molar-refractivity contribution in [2.75, 3.05) is 37.4 Å². The van der Waals surface area contributed by atoms with Gasteiger partial charge in [0.2, 0.25) is 15.9 Å². The van der Waals surface area contributed by atoms with Crippen LogP contribution in [0.5, 0.6) is 17.2 Å². The van der Waals surface area contributed by atoms with Gasteiger partial charge in [0.1, 0.15) is 12.3 Å². The van der Waals surface area contributed by atoms with E-state index in [2.05, 4.69) is 5.32 Å². The van der Waals surface area contributed by atoms with Crippen molar-refractivity contribution in [3.05, 3.63) is 48.0 Å². The molecule has 0 aliphatic rings. The van der Waals surface area contributed by atoms with Crippen molar-refractivity contribution in [2.24, 2.45) is 0 Å². The lowest BCUT2D eigenvalue weighted by atomic mass is 10.2. The Bertz CT molecular complexity index is 962. The van der Waals surface area contributed by atoms with Crippen LogP contribution in [0.1, 0.15) is 19.4 Å². The molecule has 0 heterocycles. The van der Waals surface area contributed by atoms with E-state index in [0.29, 0.717) is 36.1 Å². The number of carbonyl (C=O) groups is 1. The molecule has 164 valence electrons. The fourth-order valence-corrected chi connectivity index (χ4v) is 3.67. The van der Waals surface area contributed by atoms with E-state index in [-0.39, 0.29) is 13.1 Å². The predicted molar refractivity (Wildman–Crippen MR) is 116 cm³/mol. The third kappa shape index (κ3) is 6.28. The number of para-hydroxylation sites is 2. The zero-order valence-corrected chi connectivity index (χ0v) is 18.5. The summed E-state index contributed by atoms with van der Waals surface area (Å²) >= 11 is 0. The molecule has 1 N–H and O–H groups in total. The average molecular weight is 437 g/mol. The first-order chi connectivity index (χ1) is 14.3. The molecule has 2 aromatic carbocycles. The zero-order valence-electron chi connectivity index (χ0n) is 17.7. The lowest BCUT2D eigenvalue weighted by molar-refractivity contribution is -0.119. The maximum atomic E-state index is 12.5. The van der Waals surface area contributed by atoms with E-state index in [1.54, 1.807) is 36.4 Å². The second-order valence-corrected chi connectivity index (χ2v) is 8.27. The Kier molecular flexibility index (Phi) is 8.35. The molecule has 9 heteroatoms. The predicted octanol–water partition coefficient (Wildman–Crippen LogP) is 2.58. The van der Waals surface area contributed by atoms with Crippen molar-refractivity contribution in [3.8, 4) is 17.2 Å². The van der Waals surface area contributed by atoms with Crippen molar-refractivity contribution >= 4 is 21.6 Å². The largest absolute Gasteiger partial charge is 0.495 e. The first-order valence-electron chi connectivity index (χ1n) is 9.56. The molecule has 0 aliphatic heterocycles. The third-order valence-electron chi connectivity index (χ3n) is 4.14. The number of hydrogen-bond acceptors (Lipinski definition) is 6. The summed E-state index contributed by atoms with van der Waals surface area (Å²) in [6.07, 6.45) is 1.05. The van der Waals surface area contributed by atoms with E-state index < -0.39 is 15.9 Å². The average Bonchev–Trinajstić information content (AvgIpc) is 2.71. The van der Waals surface area contributed by atoms with Crippen LogP contribution in [0.3, 0.4) is 0 Å². The number of ether oxygens (including phenoxy) is 3. The molecule has 0 saturated carbocycles. The summed E-state index contributed by atoms with van der Waals surface area (Å²) in [5.41, 5.74) is 1.11. The quantitative estimate of drug-likeness (QED) is 0.582. The number of sulfonamides is 1. The molecule has 2 rings (SSSR count). The molecule has 0 saturated heterocycles. The number of amides is 1. The molecule has 0 fully saturated rings. The highest BCUT2D eigenvalue weighted by Gasteiger charge is 2.23. The van der Waals surface area contributed by atoms with Crippen LogP contribution in [0.4, 0.5) is 5.69 Å². The van der Waals surface area contributed by atoms with Crippen molar-refractivity contribution in [1.29, 1.82) is 0 Å². The molecule has 0 unspecified atom stereocenters. The Morgan fingerprint density at radius 3 is 2.30 bits per heavy atom. The Labute approximate surface area is 177 Å². The van der Waals surface area contributed by atoms with Crippen LogP contribution in [0.25, 0.3) is 0 Å². The topological polar surface area (TPSA) is 94.2 Å². The minimum atomic E-state index is -3.70. The van der Waals surface area contributed by atoms with E-state index in [0.717, 1.165) is 16.1 Å². The Hall–Kier alpha value is -2.94. The van der Waals surface area contributed by atoms with Gasteiger partial charge in [-0.25, -0.2) is 8.42 Å². The highest BCUT2D eigenvalue weighted by molar-refractivity contribution is 7.92. The van der Waals surface area contributed by atoms with Gasteiger partial charge in [-0.1, -0.05) is 18.2 Å². The van der Waals surface area contributed by atoms with Crippen LogP contribution < -0.4 is 23.8 Å². The maximum Gasteiger partial charge on any atom is 0.241 e. The molecule has 0 radical (unpaired) electrons. The molecule has 30 heavy (non-hydrogen) atoms. The fourth-order valence-electron chi connectivity index (χ4n) is 2.81. The van der Waals surface area contributed by atoms with Gasteiger partial charge in [-0.2, -0.15) is 0 Å². The van der Waals surface area contributed by atoms with Crippen molar-refractivity contribution < 1.29 is 27.4 Å². The molecule has 0 aliphatic carbocycles. The summed E-state index contributed by atoms with van der Waals surface area (Å²) < 4.78 is 41.9. The van der Waals surface area contributed by atoms with E-state index in [1.165, 1.54) is 7.11 Å². The summed E-state index contributed by atoms with van der Waals surface area (Å²) in [6.45, 7) is 4.61. The van der Waals surface area contributed by atoms with Crippen LogP contribution in [-0.4, -0.2) is 47.4 Å². The van der Waals surface area contributed by atoms with E-state index >= 15 is 0 Å². The van der Waals surface area contributed by atoms with Gasteiger partial charge < -0.3 is 19.5 Å². The molecular formula is C21H28N2O6S. The van der Waals surface area contributed by atoms with Gasteiger partial charge in [0, 0.05) is 6.54 Å². The molecule has 0 spiro atoms.